The van der Waals surface area contributed by atoms with Crippen molar-refractivity contribution in [3.05, 3.63) is 102 Å². The number of oxime groups is 1. The molecule has 5 N–H and O–H groups in total. The largest absolute Gasteiger partial charge is 0.481 e. The van der Waals surface area contributed by atoms with Gasteiger partial charge in [0.2, 0.25) is 15.9 Å². The molecule has 252 valence electrons. The molecule has 2 amide bonds. The van der Waals surface area contributed by atoms with Gasteiger partial charge in [-0.2, -0.15) is 4.31 Å². The molecule has 0 bridgehead atoms. The molecule has 0 radical (unpaired) electrons. The third-order valence-corrected chi connectivity index (χ3v) is 8.82. The average Bonchev–Trinajstić information content (AvgIpc) is 3.03. The van der Waals surface area contributed by atoms with Crippen LogP contribution in [0, 0.1) is 5.92 Å². The number of hydrogen-bond acceptors (Lipinski definition) is 9. The number of nitrogens with zero attached hydrogens (tertiary/aromatic N) is 2. The molecule has 0 saturated carbocycles. The molecular formula is C33H40N4O9S. The van der Waals surface area contributed by atoms with E-state index in [0.29, 0.717) is 16.7 Å². The van der Waals surface area contributed by atoms with Gasteiger partial charge in [-0.25, -0.2) is 13.2 Å². The normalized spacial score (nSPS) is 13.6. The zero-order valence-corrected chi connectivity index (χ0v) is 26.9. The number of alkyl carbamates (subject to hydrolysis) is 1. The Hall–Kier alpha value is -4.79. The molecule has 0 aliphatic carbocycles. The summed E-state index contributed by atoms with van der Waals surface area (Å²) in [4.78, 5) is 37.5. The zero-order chi connectivity index (χ0) is 34.4. The van der Waals surface area contributed by atoms with Crippen LogP contribution < -0.4 is 10.6 Å². The first kappa shape index (κ1) is 36.7. The minimum absolute atomic E-state index is 0.0433. The summed E-state index contributed by atoms with van der Waals surface area (Å²) in [6.45, 7) is 3.16. The molecule has 0 aromatic heterocycles. The lowest BCUT2D eigenvalue weighted by Gasteiger charge is -2.31. The van der Waals surface area contributed by atoms with Crippen LogP contribution in [0.3, 0.4) is 0 Å². The van der Waals surface area contributed by atoms with Gasteiger partial charge in [0.25, 0.3) is 0 Å². The third-order valence-electron chi connectivity index (χ3n) is 6.97. The number of aliphatic carboxylic acids is 1. The predicted octanol–water partition coefficient (Wildman–Crippen LogP) is 3.00. The first-order valence-electron chi connectivity index (χ1n) is 14.9. The van der Waals surface area contributed by atoms with Gasteiger partial charge in [0, 0.05) is 13.1 Å². The standard InChI is InChI=1S/C33H40N4O9S/c1-23(2)20-37(47(44,45)27-15-13-25(14-16-27)19-34-43)21-30(38)28(17-24-9-5-3-6-10-24)35-32(41)29(18-31(39)40)36-33(42)46-22-26-11-7-4-8-12-26/h3-16,19,23,28-30,38,43H,17-18,20-22H2,1-2H3,(H,35,41)(H,36,42)(H,39,40)/t28-,29-,30+/m0/s1. The topological polar surface area (TPSA) is 195 Å². The average molecular weight is 669 g/mol. The summed E-state index contributed by atoms with van der Waals surface area (Å²) in [5.74, 6) is -2.39. The van der Waals surface area contributed by atoms with Crippen LogP contribution >= 0.6 is 0 Å². The fraction of sp³-hybridized carbons (Fsp3) is 0.333. The Morgan fingerprint density at radius 3 is 2.04 bits per heavy atom. The minimum atomic E-state index is -4.13. The molecule has 0 heterocycles. The molecule has 3 aromatic rings. The van der Waals surface area contributed by atoms with E-state index >= 15 is 0 Å². The highest BCUT2D eigenvalue weighted by Crippen LogP contribution is 2.20. The molecule has 0 unspecified atom stereocenters. The van der Waals surface area contributed by atoms with Gasteiger partial charge >= 0.3 is 12.1 Å². The van der Waals surface area contributed by atoms with Crippen molar-refractivity contribution in [2.75, 3.05) is 13.1 Å². The Morgan fingerprint density at radius 1 is 0.894 bits per heavy atom. The lowest BCUT2D eigenvalue weighted by Crippen LogP contribution is -2.56. The number of carboxylic acid groups (broad SMARTS) is 1. The smallest absolute Gasteiger partial charge is 0.408 e. The number of carbonyl (C=O) groups is 3. The van der Waals surface area contributed by atoms with E-state index in [9.17, 15) is 33.0 Å². The number of aliphatic hydroxyl groups excluding tert-OH is 1. The van der Waals surface area contributed by atoms with Crippen molar-refractivity contribution in [2.45, 2.75) is 56.4 Å². The van der Waals surface area contributed by atoms with Crippen molar-refractivity contribution >= 4 is 34.2 Å². The minimum Gasteiger partial charge on any atom is -0.481 e. The van der Waals surface area contributed by atoms with E-state index in [1.807, 2.05) is 13.8 Å². The highest BCUT2D eigenvalue weighted by molar-refractivity contribution is 7.89. The van der Waals surface area contributed by atoms with E-state index < -0.39 is 59.1 Å². The number of aliphatic hydroxyl groups is 1. The fourth-order valence-electron chi connectivity index (χ4n) is 4.68. The summed E-state index contributed by atoms with van der Waals surface area (Å²) in [6.07, 6.45) is -2.02. The van der Waals surface area contributed by atoms with E-state index in [-0.39, 0.29) is 30.4 Å². The van der Waals surface area contributed by atoms with Crippen LogP contribution in [-0.4, -0.2) is 83.6 Å². The van der Waals surface area contributed by atoms with E-state index in [1.54, 1.807) is 60.7 Å². The van der Waals surface area contributed by atoms with E-state index in [4.69, 9.17) is 9.94 Å². The molecule has 0 aliphatic rings. The maximum atomic E-state index is 13.7. The molecule has 14 heteroatoms. The van der Waals surface area contributed by atoms with Crippen LogP contribution in [0.15, 0.2) is 95.0 Å². The molecule has 3 atom stereocenters. The van der Waals surface area contributed by atoms with Gasteiger partial charge < -0.3 is 30.8 Å². The summed E-state index contributed by atoms with van der Waals surface area (Å²) >= 11 is 0. The molecule has 0 fully saturated rings. The number of sulfonamides is 1. The van der Waals surface area contributed by atoms with Gasteiger partial charge in [-0.15, -0.1) is 0 Å². The first-order valence-corrected chi connectivity index (χ1v) is 16.3. The van der Waals surface area contributed by atoms with Crippen molar-refractivity contribution in [3.8, 4) is 0 Å². The van der Waals surface area contributed by atoms with Crippen LogP contribution in [0.5, 0.6) is 0 Å². The van der Waals surface area contributed by atoms with Gasteiger partial charge in [-0.3, -0.25) is 9.59 Å². The van der Waals surface area contributed by atoms with Gasteiger partial charge in [-0.1, -0.05) is 91.8 Å². The molecule has 3 rings (SSSR count). The second kappa shape index (κ2) is 17.8. The van der Waals surface area contributed by atoms with Crippen molar-refractivity contribution in [1.82, 2.24) is 14.9 Å². The molecule has 0 saturated heterocycles. The lowest BCUT2D eigenvalue weighted by molar-refractivity contribution is -0.140. The maximum absolute atomic E-state index is 13.7. The van der Waals surface area contributed by atoms with Crippen LogP contribution in [0.25, 0.3) is 0 Å². The second-order valence-electron chi connectivity index (χ2n) is 11.3. The Bertz CT molecular complexity index is 1590. The van der Waals surface area contributed by atoms with Gasteiger partial charge in [0.05, 0.1) is 29.7 Å². The van der Waals surface area contributed by atoms with Gasteiger partial charge in [0.15, 0.2) is 0 Å². The molecule has 13 nitrogen and oxygen atoms in total. The molecule has 0 spiro atoms. The summed E-state index contributed by atoms with van der Waals surface area (Å²) in [5.41, 5.74) is 1.87. The second-order valence-corrected chi connectivity index (χ2v) is 13.2. The van der Waals surface area contributed by atoms with Crippen molar-refractivity contribution in [1.29, 1.82) is 0 Å². The van der Waals surface area contributed by atoms with Crippen molar-refractivity contribution < 1.29 is 43.0 Å². The monoisotopic (exact) mass is 668 g/mol. The Kier molecular flexibility index (Phi) is 13.9. The molecular weight excluding hydrogens is 628 g/mol. The predicted molar refractivity (Wildman–Crippen MR) is 173 cm³/mol. The van der Waals surface area contributed by atoms with E-state index in [2.05, 4.69) is 15.8 Å². The molecule has 3 aromatic carbocycles. The first-order chi connectivity index (χ1) is 22.4. The van der Waals surface area contributed by atoms with Gasteiger partial charge in [-0.05, 0) is 41.2 Å². The summed E-state index contributed by atoms with van der Waals surface area (Å²) < 4.78 is 33.7. The maximum Gasteiger partial charge on any atom is 0.408 e. The zero-order valence-electron chi connectivity index (χ0n) is 26.1. The number of hydrogen-bond donors (Lipinski definition) is 5. The number of ether oxygens (including phenoxy) is 1. The number of carbonyl (C=O) groups excluding carboxylic acids is 2. The third kappa shape index (κ3) is 11.8. The van der Waals surface area contributed by atoms with E-state index in [0.717, 1.165) is 10.5 Å². The Balaban J connectivity index is 1.84. The number of benzene rings is 3. The molecule has 0 aliphatic heterocycles. The van der Waals surface area contributed by atoms with Crippen LogP contribution in [0.4, 0.5) is 4.79 Å². The van der Waals surface area contributed by atoms with Crippen LogP contribution in [0.2, 0.25) is 0 Å². The fourth-order valence-corrected chi connectivity index (χ4v) is 6.30. The SMILES string of the molecule is CC(C)CN(C[C@@H](O)[C@H](Cc1ccccc1)NC(=O)[C@H](CC(=O)O)NC(=O)OCc1ccccc1)S(=O)(=O)c1ccc(C=NO)cc1. The summed E-state index contributed by atoms with van der Waals surface area (Å²) in [7, 11) is -4.13. The number of rotatable bonds is 17. The quantitative estimate of drug-likeness (QED) is 0.0816. The lowest BCUT2D eigenvalue weighted by atomic mass is 10.00. The number of amides is 2. The number of carboxylic acids is 1. The van der Waals surface area contributed by atoms with Crippen LogP contribution in [0.1, 0.15) is 37.0 Å². The van der Waals surface area contributed by atoms with E-state index in [1.165, 1.54) is 24.3 Å². The van der Waals surface area contributed by atoms with Gasteiger partial charge in [0.1, 0.15) is 12.6 Å². The Labute approximate surface area is 273 Å². The summed E-state index contributed by atoms with van der Waals surface area (Å²) in [5, 5.41) is 37.6. The van der Waals surface area contributed by atoms with Crippen molar-refractivity contribution in [3.63, 3.8) is 0 Å². The highest BCUT2D eigenvalue weighted by Gasteiger charge is 2.33. The number of nitrogens with one attached hydrogen (secondary N) is 2. The Morgan fingerprint density at radius 2 is 1.49 bits per heavy atom. The molecule has 47 heavy (non-hydrogen) atoms. The highest BCUT2D eigenvalue weighted by atomic mass is 32.2. The van der Waals surface area contributed by atoms with Crippen molar-refractivity contribution in [2.24, 2.45) is 11.1 Å². The summed E-state index contributed by atoms with van der Waals surface area (Å²) in [6, 6.07) is 20.6. The van der Waals surface area contributed by atoms with Crippen LogP contribution in [-0.2, 0) is 37.4 Å².